The maximum atomic E-state index is 12.9. The van der Waals surface area contributed by atoms with E-state index in [2.05, 4.69) is 10.4 Å². The van der Waals surface area contributed by atoms with Crippen LogP contribution in [-0.2, 0) is 11.3 Å². The molecule has 0 atom stereocenters. The third kappa shape index (κ3) is 4.16. The van der Waals surface area contributed by atoms with Crippen LogP contribution < -0.4 is 10.9 Å². The number of carbonyl (C=O) groups is 1. The van der Waals surface area contributed by atoms with Gasteiger partial charge in [-0.1, -0.05) is 53.5 Å². The topological polar surface area (TPSA) is 64.0 Å². The van der Waals surface area contributed by atoms with Crippen LogP contribution in [0.2, 0.25) is 10.0 Å². The van der Waals surface area contributed by atoms with Gasteiger partial charge in [-0.15, -0.1) is 0 Å². The molecule has 0 unspecified atom stereocenters. The first kappa shape index (κ1) is 19.2. The average molecular weight is 424 g/mol. The van der Waals surface area contributed by atoms with Gasteiger partial charge in [0.1, 0.15) is 6.54 Å². The fraction of sp³-hybridized carbons (Fsp3) is 0.0455. The van der Waals surface area contributed by atoms with Gasteiger partial charge >= 0.3 is 0 Å². The van der Waals surface area contributed by atoms with Gasteiger partial charge in [0.15, 0.2) is 0 Å². The number of nitrogens with one attached hydrogen (secondary N) is 1. The van der Waals surface area contributed by atoms with Crippen LogP contribution in [0.5, 0.6) is 0 Å². The Bertz CT molecular complexity index is 1250. The molecule has 0 spiro atoms. The summed E-state index contributed by atoms with van der Waals surface area (Å²) in [5, 5.41) is 9.61. The van der Waals surface area contributed by atoms with Crippen molar-refractivity contribution in [2.75, 3.05) is 5.32 Å². The molecule has 0 radical (unpaired) electrons. The molecule has 4 rings (SSSR count). The molecule has 0 saturated heterocycles. The zero-order valence-electron chi connectivity index (χ0n) is 15.1. The van der Waals surface area contributed by atoms with Gasteiger partial charge in [0, 0.05) is 26.7 Å². The summed E-state index contributed by atoms with van der Waals surface area (Å²) in [6, 6.07) is 21.1. The van der Waals surface area contributed by atoms with Gasteiger partial charge in [-0.3, -0.25) is 9.59 Å². The SMILES string of the molecule is O=C(Cn1nc(-c2ccc(Cl)cc2)c2ccccc2c1=O)Nc1ccc(Cl)cc1. The number of halogens is 2. The predicted molar refractivity (Wildman–Crippen MR) is 117 cm³/mol. The van der Waals surface area contributed by atoms with E-state index in [0.29, 0.717) is 32.2 Å². The molecule has 1 N–H and O–H groups in total. The number of rotatable bonds is 4. The smallest absolute Gasteiger partial charge is 0.275 e. The largest absolute Gasteiger partial charge is 0.324 e. The number of aromatic nitrogens is 2. The summed E-state index contributed by atoms with van der Waals surface area (Å²) in [6.07, 6.45) is 0. The van der Waals surface area contributed by atoms with Gasteiger partial charge in [0.25, 0.3) is 5.56 Å². The van der Waals surface area contributed by atoms with Crippen LogP contribution in [0, 0.1) is 0 Å². The van der Waals surface area contributed by atoms with Gasteiger partial charge < -0.3 is 5.32 Å². The second kappa shape index (κ2) is 8.07. The van der Waals surface area contributed by atoms with Crippen LogP contribution in [-0.4, -0.2) is 15.7 Å². The lowest BCUT2D eigenvalue weighted by Gasteiger charge is -2.12. The highest BCUT2D eigenvalue weighted by Gasteiger charge is 2.14. The molecule has 0 aliphatic heterocycles. The summed E-state index contributed by atoms with van der Waals surface area (Å²) < 4.78 is 1.18. The monoisotopic (exact) mass is 423 g/mol. The van der Waals surface area contributed by atoms with Gasteiger partial charge in [-0.2, -0.15) is 5.10 Å². The minimum atomic E-state index is -0.362. The van der Waals surface area contributed by atoms with Crippen LogP contribution >= 0.6 is 23.2 Å². The molecule has 4 aromatic rings. The first-order valence-corrected chi connectivity index (χ1v) is 9.58. The van der Waals surface area contributed by atoms with Crippen molar-refractivity contribution in [3.8, 4) is 11.3 Å². The standard InChI is InChI=1S/C22H15Cl2N3O2/c23-15-7-5-14(6-8-15)21-18-3-1-2-4-19(18)22(29)27(26-21)13-20(28)25-17-11-9-16(24)10-12-17/h1-12H,13H2,(H,25,28). The maximum Gasteiger partial charge on any atom is 0.275 e. The Hall–Kier alpha value is -3.15. The van der Waals surface area contributed by atoms with E-state index in [-0.39, 0.29) is 18.0 Å². The number of benzene rings is 3. The minimum absolute atomic E-state index is 0.215. The lowest BCUT2D eigenvalue weighted by molar-refractivity contribution is -0.117. The summed E-state index contributed by atoms with van der Waals surface area (Å²) >= 11 is 11.9. The Balaban J connectivity index is 1.73. The predicted octanol–water partition coefficient (Wildman–Crippen LogP) is 5.01. The van der Waals surface area contributed by atoms with Gasteiger partial charge in [-0.05, 0) is 42.5 Å². The van der Waals surface area contributed by atoms with Crippen LogP contribution in [0.1, 0.15) is 0 Å². The third-order valence-corrected chi connectivity index (χ3v) is 4.91. The van der Waals surface area contributed by atoms with Crippen molar-refractivity contribution in [2.24, 2.45) is 0 Å². The van der Waals surface area contributed by atoms with Crippen molar-refractivity contribution in [3.63, 3.8) is 0 Å². The number of anilines is 1. The lowest BCUT2D eigenvalue weighted by atomic mass is 10.1. The molecule has 144 valence electrons. The van der Waals surface area contributed by atoms with Crippen molar-refractivity contribution in [1.82, 2.24) is 9.78 Å². The first-order chi connectivity index (χ1) is 14.0. The molecular formula is C22H15Cl2N3O2. The summed E-state index contributed by atoms with van der Waals surface area (Å²) in [5.74, 6) is -0.362. The molecule has 1 heterocycles. The lowest BCUT2D eigenvalue weighted by Crippen LogP contribution is -2.30. The molecule has 0 aliphatic rings. The molecular weight excluding hydrogens is 409 g/mol. The molecule has 0 bridgehead atoms. The summed E-state index contributed by atoms with van der Waals surface area (Å²) in [4.78, 5) is 25.4. The zero-order valence-corrected chi connectivity index (χ0v) is 16.6. The molecule has 7 heteroatoms. The molecule has 1 aromatic heterocycles. The second-order valence-electron chi connectivity index (χ2n) is 6.42. The number of nitrogens with zero attached hydrogens (tertiary/aromatic N) is 2. The molecule has 3 aromatic carbocycles. The third-order valence-electron chi connectivity index (χ3n) is 4.41. The fourth-order valence-corrected chi connectivity index (χ4v) is 3.29. The average Bonchev–Trinajstić information content (AvgIpc) is 2.73. The van der Waals surface area contributed by atoms with Gasteiger partial charge in [0.2, 0.25) is 5.91 Å². The number of hydrogen-bond acceptors (Lipinski definition) is 3. The number of hydrogen-bond donors (Lipinski definition) is 1. The van der Waals surface area contributed by atoms with Crippen LogP contribution in [0.3, 0.4) is 0 Å². The number of amides is 1. The summed E-state index contributed by atoms with van der Waals surface area (Å²) in [6.45, 7) is -0.215. The molecule has 0 aliphatic carbocycles. The Kier molecular flexibility index (Phi) is 5.34. The molecule has 5 nitrogen and oxygen atoms in total. The van der Waals surface area contributed by atoms with Crippen molar-refractivity contribution >= 4 is 45.6 Å². The van der Waals surface area contributed by atoms with E-state index in [0.717, 1.165) is 5.56 Å². The fourth-order valence-electron chi connectivity index (χ4n) is 3.03. The zero-order chi connectivity index (χ0) is 20.4. The highest BCUT2D eigenvalue weighted by atomic mass is 35.5. The Morgan fingerprint density at radius 3 is 2.10 bits per heavy atom. The van der Waals surface area contributed by atoms with E-state index in [1.54, 1.807) is 48.5 Å². The Morgan fingerprint density at radius 1 is 0.862 bits per heavy atom. The van der Waals surface area contributed by atoms with Crippen LogP contribution in [0.15, 0.2) is 77.6 Å². The summed E-state index contributed by atoms with van der Waals surface area (Å²) in [7, 11) is 0. The van der Waals surface area contributed by atoms with Crippen molar-refractivity contribution in [3.05, 3.63) is 93.2 Å². The van der Waals surface area contributed by atoms with Crippen molar-refractivity contribution < 1.29 is 4.79 Å². The number of fused-ring (bicyclic) bond motifs is 1. The van der Waals surface area contributed by atoms with Crippen LogP contribution in [0.25, 0.3) is 22.0 Å². The molecule has 0 saturated carbocycles. The maximum absolute atomic E-state index is 12.9. The van der Waals surface area contributed by atoms with Gasteiger partial charge in [-0.25, -0.2) is 4.68 Å². The minimum Gasteiger partial charge on any atom is -0.324 e. The van der Waals surface area contributed by atoms with E-state index in [1.165, 1.54) is 4.68 Å². The second-order valence-corrected chi connectivity index (χ2v) is 7.29. The number of carbonyl (C=O) groups excluding carboxylic acids is 1. The van der Waals surface area contributed by atoms with Crippen molar-refractivity contribution in [1.29, 1.82) is 0 Å². The Morgan fingerprint density at radius 2 is 1.45 bits per heavy atom. The molecule has 29 heavy (non-hydrogen) atoms. The quantitative estimate of drug-likeness (QED) is 0.501. The summed E-state index contributed by atoms with van der Waals surface area (Å²) in [5.41, 5.74) is 1.67. The van der Waals surface area contributed by atoms with Gasteiger partial charge in [0.05, 0.1) is 11.1 Å². The highest BCUT2D eigenvalue weighted by Crippen LogP contribution is 2.25. The van der Waals surface area contributed by atoms with Crippen molar-refractivity contribution in [2.45, 2.75) is 6.54 Å². The highest BCUT2D eigenvalue weighted by molar-refractivity contribution is 6.31. The van der Waals surface area contributed by atoms with Crippen LogP contribution in [0.4, 0.5) is 5.69 Å². The van der Waals surface area contributed by atoms with E-state index < -0.39 is 0 Å². The van der Waals surface area contributed by atoms with E-state index in [9.17, 15) is 9.59 Å². The van der Waals surface area contributed by atoms with E-state index in [4.69, 9.17) is 23.2 Å². The van der Waals surface area contributed by atoms with E-state index >= 15 is 0 Å². The van der Waals surface area contributed by atoms with E-state index in [1.807, 2.05) is 24.3 Å². The normalized spacial score (nSPS) is 10.8. The first-order valence-electron chi connectivity index (χ1n) is 8.82. The molecule has 0 fully saturated rings. The molecule has 1 amide bonds. The Labute approximate surface area is 176 Å².